The summed E-state index contributed by atoms with van der Waals surface area (Å²) in [4.78, 5) is 15.5. The maximum atomic E-state index is 13.7. The Morgan fingerprint density at radius 2 is 1.58 bits per heavy atom. The zero-order chi connectivity index (χ0) is 25.9. The van der Waals surface area contributed by atoms with E-state index in [2.05, 4.69) is 30.7 Å². The molecular formula is C29H35N3O3S. The van der Waals surface area contributed by atoms with Crippen molar-refractivity contribution >= 4 is 27.3 Å². The fourth-order valence-corrected chi connectivity index (χ4v) is 5.10. The number of rotatable bonds is 10. The Bertz CT molecular complexity index is 1280. The molecule has 4 atom stereocenters. The van der Waals surface area contributed by atoms with E-state index in [0.717, 1.165) is 35.9 Å². The normalized spacial score (nSPS) is 18.8. The predicted molar refractivity (Wildman–Crippen MR) is 147 cm³/mol. The molecule has 7 heteroatoms. The number of hydrogen-bond donors (Lipinski definition) is 2. The van der Waals surface area contributed by atoms with Gasteiger partial charge < -0.3 is 10.6 Å². The summed E-state index contributed by atoms with van der Waals surface area (Å²) in [5.74, 6) is 0.680. The molecule has 6 nitrogen and oxygen atoms in total. The van der Waals surface area contributed by atoms with Crippen molar-refractivity contribution in [2.75, 3.05) is 22.4 Å². The van der Waals surface area contributed by atoms with Crippen LogP contribution in [0.5, 0.6) is 0 Å². The minimum atomic E-state index is -3.32. The highest BCUT2D eigenvalue weighted by atomic mass is 32.2. The van der Waals surface area contributed by atoms with E-state index in [9.17, 15) is 13.2 Å². The van der Waals surface area contributed by atoms with Crippen molar-refractivity contribution in [2.24, 2.45) is 17.6 Å². The lowest BCUT2D eigenvalue weighted by Crippen LogP contribution is -2.45. The van der Waals surface area contributed by atoms with Gasteiger partial charge in [-0.1, -0.05) is 74.9 Å². The lowest BCUT2D eigenvalue weighted by molar-refractivity contribution is -0.120. The van der Waals surface area contributed by atoms with Gasteiger partial charge in [-0.05, 0) is 59.2 Å². The maximum absolute atomic E-state index is 13.7. The first-order valence-corrected chi connectivity index (χ1v) is 14.4. The van der Waals surface area contributed by atoms with Crippen LogP contribution < -0.4 is 15.4 Å². The highest BCUT2D eigenvalue weighted by Crippen LogP contribution is 2.49. The molecule has 1 fully saturated rings. The van der Waals surface area contributed by atoms with Crippen LogP contribution in [0.25, 0.3) is 11.1 Å². The molecule has 0 radical (unpaired) electrons. The van der Waals surface area contributed by atoms with Gasteiger partial charge in [0.15, 0.2) is 0 Å². The summed E-state index contributed by atoms with van der Waals surface area (Å²) >= 11 is 0. The summed E-state index contributed by atoms with van der Waals surface area (Å²) in [6.45, 7) is 4.73. The van der Waals surface area contributed by atoms with Crippen LogP contribution in [0.2, 0.25) is 0 Å². The molecule has 1 aliphatic carbocycles. The summed E-state index contributed by atoms with van der Waals surface area (Å²) in [5.41, 5.74) is 11.0. The lowest BCUT2D eigenvalue weighted by atomic mass is 9.98. The Morgan fingerprint density at radius 3 is 2.14 bits per heavy atom. The standard InChI is InChI=1S/C29H35N3O3S/c1-4-20(2)28(30)19-32(29(33)27-18-26(27)23-8-6-5-7-9-23)25-16-12-22(13-17-25)21-10-14-24(15-11-21)31-36(3,34)35/h5-17,20,26-28,31H,4,18-19,30H2,1-3H3/t20-,26-,27+,28+/m0/s1. The van der Waals surface area contributed by atoms with Crippen molar-refractivity contribution in [3.8, 4) is 11.1 Å². The van der Waals surface area contributed by atoms with E-state index in [0.29, 0.717) is 18.2 Å². The van der Waals surface area contributed by atoms with Crippen LogP contribution in [0.4, 0.5) is 11.4 Å². The fourth-order valence-electron chi connectivity index (χ4n) is 4.53. The predicted octanol–water partition coefficient (Wildman–Crippen LogP) is 5.24. The molecule has 0 heterocycles. The summed E-state index contributed by atoms with van der Waals surface area (Å²) in [6, 6.07) is 25.3. The molecule has 0 saturated heterocycles. The number of nitrogens with zero attached hydrogens (tertiary/aromatic N) is 1. The van der Waals surface area contributed by atoms with Crippen LogP contribution in [0.1, 0.15) is 38.2 Å². The van der Waals surface area contributed by atoms with E-state index in [1.807, 2.05) is 59.5 Å². The summed E-state index contributed by atoms with van der Waals surface area (Å²) in [6.07, 6.45) is 2.95. The molecule has 0 aliphatic heterocycles. The van der Waals surface area contributed by atoms with Gasteiger partial charge in [-0.3, -0.25) is 9.52 Å². The Labute approximate surface area is 214 Å². The number of carbonyl (C=O) groups excluding carboxylic acids is 1. The van der Waals surface area contributed by atoms with Crippen molar-refractivity contribution in [3.05, 3.63) is 84.4 Å². The number of nitrogens with two attached hydrogens (primary N) is 1. The molecule has 3 aromatic carbocycles. The van der Waals surface area contributed by atoms with Gasteiger partial charge in [-0.15, -0.1) is 0 Å². The topological polar surface area (TPSA) is 92.5 Å². The third kappa shape index (κ3) is 6.33. The molecule has 1 aliphatic rings. The molecule has 1 saturated carbocycles. The Kier molecular flexibility index (Phi) is 7.81. The second-order valence-electron chi connectivity index (χ2n) is 9.86. The first-order chi connectivity index (χ1) is 17.2. The van der Waals surface area contributed by atoms with Gasteiger partial charge in [-0.25, -0.2) is 8.42 Å². The smallest absolute Gasteiger partial charge is 0.230 e. The number of nitrogens with one attached hydrogen (secondary N) is 1. The molecule has 0 unspecified atom stereocenters. The molecule has 36 heavy (non-hydrogen) atoms. The average Bonchev–Trinajstić information content (AvgIpc) is 3.68. The third-order valence-corrected chi connectivity index (χ3v) is 7.68. The van der Waals surface area contributed by atoms with Crippen LogP contribution in [-0.4, -0.2) is 33.2 Å². The molecule has 3 aromatic rings. The van der Waals surface area contributed by atoms with Crippen LogP contribution in [0.15, 0.2) is 78.9 Å². The number of anilines is 2. The van der Waals surface area contributed by atoms with E-state index in [-0.39, 0.29) is 23.8 Å². The SMILES string of the molecule is CC[C@H](C)[C@H](N)CN(C(=O)[C@@H]1C[C@H]1c1ccccc1)c1ccc(-c2ccc(NS(C)(=O)=O)cc2)cc1. The largest absolute Gasteiger partial charge is 0.326 e. The van der Waals surface area contributed by atoms with Crippen LogP contribution >= 0.6 is 0 Å². The van der Waals surface area contributed by atoms with Crippen molar-refractivity contribution < 1.29 is 13.2 Å². The average molecular weight is 506 g/mol. The van der Waals surface area contributed by atoms with Gasteiger partial charge in [-0.2, -0.15) is 0 Å². The van der Waals surface area contributed by atoms with E-state index in [4.69, 9.17) is 5.73 Å². The van der Waals surface area contributed by atoms with E-state index in [1.54, 1.807) is 12.1 Å². The Balaban J connectivity index is 1.54. The molecule has 4 rings (SSSR count). The molecule has 0 aromatic heterocycles. The number of amides is 1. The zero-order valence-corrected chi connectivity index (χ0v) is 21.9. The van der Waals surface area contributed by atoms with Gasteiger partial charge in [0.2, 0.25) is 15.9 Å². The second kappa shape index (κ2) is 10.8. The Morgan fingerprint density at radius 1 is 1.00 bits per heavy atom. The van der Waals surface area contributed by atoms with Gasteiger partial charge in [0, 0.05) is 29.9 Å². The Hall–Kier alpha value is -3.16. The van der Waals surface area contributed by atoms with Crippen LogP contribution in [-0.2, 0) is 14.8 Å². The van der Waals surface area contributed by atoms with Gasteiger partial charge in [0.05, 0.1) is 6.26 Å². The van der Waals surface area contributed by atoms with E-state index >= 15 is 0 Å². The monoisotopic (exact) mass is 505 g/mol. The maximum Gasteiger partial charge on any atom is 0.230 e. The van der Waals surface area contributed by atoms with Crippen molar-refractivity contribution in [1.29, 1.82) is 0 Å². The quantitative estimate of drug-likeness (QED) is 0.394. The van der Waals surface area contributed by atoms with E-state index < -0.39 is 10.0 Å². The number of sulfonamides is 1. The number of carbonyl (C=O) groups is 1. The molecular weight excluding hydrogens is 470 g/mol. The molecule has 190 valence electrons. The second-order valence-corrected chi connectivity index (χ2v) is 11.6. The number of benzene rings is 3. The van der Waals surface area contributed by atoms with Crippen LogP contribution in [0.3, 0.4) is 0 Å². The van der Waals surface area contributed by atoms with Gasteiger partial charge in [0.25, 0.3) is 0 Å². The summed E-state index contributed by atoms with van der Waals surface area (Å²) < 4.78 is 25.4. The minimum Gasteiger partial charge on any atom is -0.326 e. The van der Waals surface area contributed by atoms with Gasteiger partial charge >= 0.3 is 0 Å². The third-order valence-electron chi connectivity index (χ3n) is 7.07. The fraction of sp³-hybridized carbons (Fsp3) is 0.345. The minimum absolute atomic E-state index is 0.0221. The van der Waals surface area contributed by atoms with Crippen molar-refractivity contribution in [2.45, 2.75) is 38.6 Å². The summed E-state index contributed by atoms with van der Waals surface area (Å²) in [5, 5.41) is 0. The highest BCUT2D eigenvalue weighted by Gasteiger charge is 2.46. The number of hydrogen-bond acceptors (Lipinski definition) is 4. The van der Waals surface area contributed by atoms with Gasteiger partial charge in [0.1, 0.15) is 0 Å². The lowest BCUT2D eigenvalue weighted by Gasteiger charge is -2.29. The van der Waals surface area contributed by atoms with E-state index in [1.165, 1.54) is 5.56 Å². The first kappa shape index (κ1) is 25.9. The van der Waals surface area contributed by atoms with Crippen molar-refractivity contribution in [3.63, 3.8) is 0 Å². The molecule has 0 spiro atoms. The van der Waals surface area contributed by atoms with Crippen LogP contribution in [0, 0.1) is 11.8 Å². The van der Waals surface area contributed by atoms with Crippen molar-refractivity contribution in [1.82, 2.24) is 0 Å². The first-order valence-electron chi connectivity index (χ1n) is 12.5. The zero-order valence-electron chi connectivity index (χ0n) is 21.1. The molecule has 3 N–H and O–H groups in total. The highest BCUT2D eigenvalue weighted by molar-refractivity contribution is 7.92. The molecule has 1 amide bonds. The molecule has 0 bridgehead atoms. The summed E-state index contributed by atoms with van der Waals surface area (Å²) in [7, 11) is -3.32.